The Morgan fingerprint density at radius 1 is 1.44 bits per heavy atom. The minimum atomic E-state index is -0.780. The first-order valence-corrected chi connectivity index (χ1v) is 5.68. The Kier molecular flexibility index (Phi) is 4.19. The number of primary amides is 1. The van der Waals surface area contributed by atoms with E-state index in [2.05, 4.69) is 5.32 Å². The van der Waals surface area contributed by atoms with Gasteiger partial charge in [-0.25, -0.2) is 0 Å². The average molecular weight is 271 g/mol. The molecule has 1 aromatic carbocycles. The van der Waals surface area contributed by atoms with Gasteiger partial charge in [0, 0.05) is 12.0 Å². The first-order valence-electron chi connectivity index (χ1n) is 5.30. The fourth-order valence-electron chi connectivity index (χ4n) is 1.54. The second-order valence-electron chi connectivity index (χ2n) is 4.65. The number of amides is 2. The van der Waals surface area contributed by atoms with Gasteiger partial charge in [-0.2, -0.15) is 0 Å². The summed E-state index contributed by atoms with van der Waals surface area (Å²) in [5.74, 6) is -1.04. The van der Waals surface area contributed by atoms with Gasteiger partial charge in [0.1, 0.15) is 5.75 Å². The lowest BCUT2D eigenvalue weighted by atomic mass is 9.99. The van der Waals surface area contributed by atoms with E-state index >= 15 is 0 Å². The standard InChI is InChI=1S/C12H15ClN2O3/c1-12(2,6-10(14)17)15-11(18)8-5-7(16)3-4-9(8)13/h3-5,16H,6H2,1-2H3,(H2,14,17)(H,15,18). The number of nitrogens with one attached hydrogen (secondary N) is 1. The molecule has 6 heteroatoms. The van der Waals surface area contributed by atoms with Gasteiger partial charge in [-0.05, 0) is 32.0 Å². The predicted molar refractivity (Wildman–Crippen MR) is 68.5 cm³/mol. The van der Waals surface area contributed by atoms with Gasteiger partial charge < -0.3 is 16.2 Å². The Balaban J connectivity index is 2.88. The number of aromatic hydroxyl groups is 1. The number of benzene rings is 1. The first-order chi connectivity index (χ1) is 8.21. The summed E-state index contributed by atoms with van der Waals surface area (Å²) in [4.78, 5) is 22.8. The van der Waals surface area contributed by atoms with Crippen LogP contribution in [0.15, 0.2) is 18.2 Å². The molecule has 0 aromatic heterocycles. The monoisotopic (exact) mass is 270 g/mol. The molecule has 0 saturated carbocycles. The van der Waals surface area contributed by atoms with Crippen molar-refractivity contribution >= 4 is 23.4 Å². The Morgan fingerprint density at radius 2 is 2.06 bits per heavy atom. The van der Waals surface area contributed by atoms with Crippen LogP contribution in [0, 0.1) is 0 Å². The Morgan fingerprint density at radius 3 is 2.61 bits per heavy atom. The van der Waals surface area contributed by atoms with Crippen molar-refractivity contribution in [2.75, 3.05) is 0 Å². The van der Waals surface area contributed by atoms with Crippen molar-refractivity contribution in [1.82, 2.24) is 5.32 Å². The van der Waals surface area contributed by atoms with Crippen LogP contribution in [0.4, 0.5) is 0 Å². The molecule has 0 saturated heterocycles. The van der Waals surface area contributed by atoms with Crippen LogP contribution >= 0.6 is 11.6 Å². The normalized spacial score (nSPS) is 11.1. The zero-order chi connectivity index (χ0) is 13.9. The highest BCUT2D eigenvalue weighted by molar-refractivity contribution is 6.33. The van der Waals surface area contributed by atoms with E-state index in [-0.39, 0.29) is 22.8 Å². The summed E-state index contributed by atoms with van der Waals surface area (Å²) in [7, 11) is 0. The number of carbonyl (C=O) groups is 2. The fourth-order valence-corrected chi connectivity index (χ4v) is 1.75. The minimum absolute atomic E-state index is 0.00910. The Labute approximate surface area is 110 Å². The van der Waals surface area contributed by atoms with Crippen molar-refractivity contribution in [3.05, 3.63) is 28.8 Å². The average Bonchev–Trinajstić information content (AvgIpc) is 2.18. The largest absolute Gasteiger partial charge is 0.508 e. The molecule has 2 amide bonds. The molecule has 1 rings (SSSR count). The number of hydrogen-bond donors (Lipinski definition) is 3. The maximum absolute atomic E-state index is 12.0. The van der Waals surface area contributed by atoms with Crippen molar-refractivity contribution in [3.8, 4) is 5.75 Å². The van der Waals surface area contributed by atoms with E-state index in [0.717, 1.165) is 0 Å². The molecule has 18 heavy (non-hydrogen) atoms. The Bertz CT molecular complexity index is 486. The Hall–Kier alpha value is -1.75. The third kappa shape index (κ3) is 3.92. The van der Waals surface area contributed by atoms with E-state index in [4.69, 9.17) is 17.3 Å². The summed E-state index contributed by atoms with van der Waals surface area (Å²) in [5, 5.41) is 12.2. The summed E-state index contributed by atoms with van der Waals surface area (Å²) in [6.07, 6.45) is 0.00910. The summed E-state index contributed by atoms with van der Waals surface area (Å²) >= 11 is 5.86. The van der Waals surface area contributed by atoms with E-state index < -0.39 is 17.4 Å². The number of phenolic OH excluding ortho intramolecular Hbond substituents is 1. The van der Waals surface area contributed by atoms with E-state index in [0.29, 0.717) is 0 Å². The van der Waals surface area contributed by atoms with Gasteiger partial charge in [-0.3, -0.25) is 9.59 Å². The zero-order valence-corrected chi connectivity index (χ0v) is 10.9. The highest BCUT2D eigenvalue weighted by atomic mass is 35.5. The van der Waals surface area contributed by atoms with Crippen LogP contribution < -0.4 is 11.1 Å². The molecule has 0 bridgehead atoms. The molecule has 1 aromatic rings. The highest BCUT2D eigenvalue weighted by Crippen LogP contribution is 2.22. The van der Waals surface area contributed by atoms with Crippen LogP contribution in [0.2, 0.25) is 5.02 Å². The second-order valence-corrected chi connectivity index (χ2v) is 5.05. The number of rotatable bonds is 4. The smallest absolute Gasteiger partial charge is 0.253 e. The molecule has 0 aliphatic rings. The molecular formula is C12H15ClN2O3. The molecule has 98 valence electrons. The molecule has 0 radical (unpaired) electrons. The van der Waals surface area contributed by atoms with Gasteiger partial charge in [-0.15, -0.1) is 0 Å². The van der Waals surface area contributed by atoms with E-state index in [1.165, 1.54) is 18.2 Å². The van der Waals surface area contributed by atoms with Crippen LogP contribution in [-0.2, 0) is 4.79 Å². The van der Waals surface area contributed by atoms with Crippen molar-refractivity contribution in [3.63, 3.8) is 0 Å². The molecule has 0 spiro atoms. The highest BCUT2D eigenvalue weighted by Gasteiger charge is 2.24. The molecule has 5 nitrogen and oxygen atoms in total. The number of halogens is 1. The summed E-state index contributed by atoms with van der Waals surface area (Å²) in [6, 6.07) is 4.07. The van der Waals surface area contributed by atoms with Crippen molar-refractivity contribution in [2.24, 2.45) is 5.73 Å². The van der Waals surface area contributed by atoms with Gasteiger partial charge in [-0.1, -0.05) is 11.6 Å². The van der Waals surface area contributed by atoms with Gasteiger partial charge in [0.05, 0.1) is 10.6 Å². The van der Waals surface area contributed by atoms with Crippen LogP contribution in [0.1, 0.15) is 30.6 Å². The van der Waals surface area contributed by atoms with Crippen LogP contribution in [0.5, 0.6) is 5.75 Å². The van der Waals surface area contributed by atoms with Gasteiger partial charge in [0.25, 0.3) is 5.91 Å². The van der Waals surface area contributed by atoms with Gasteiger partial charge in [0.2, 0.25) is 5.91 Å². The molecule has 0 aliphatic carbocycles. The van der Waals surface area contributed by atoms with E-state index in [1.54, 1.807) is 13.8 Å². The second kappa shape index (κ2) is 5.27. The third-order valence-electron chi connectivity index (χ3n) is 2.26. The third-order valence-corrected chi connectivity index (χ3v) is 2.59. The molecule has 0 fully saturated rings. The van der Waals surface area contributed by atoms with Crippen molar-refractivity contribution in [1.29, 1.82) is 0 Å². The topological polar surface area (TPSA) is 92.4 Å². The molecule has 0 heterocycles. The number of nitrogens with two attached hydrogens (primary N) is 1. The number of carbonyl (C=O) groups excluding carboxylic acids is 2. The SMILES string of the molecule is CC(C)(CC(N)=O)NC(=O)c1cc(O)ccc1Cl. The number of phenols is 1. The zero-order valence-electron chi connectivity index (χ0n) is 10.2. The molecule has 4 N–H and O–H groups in total. The summed E-state index contributed by atoms with van der Waals surface area (Å²) < 4.78 is 0. The van der Waals surface area contributed by atoms with Crippen LogP contribution in [-0.4, -0.2) is 22.5 Å². The quantitative estimate of drug-likeness (QED) is 0.773. The lowest BCUT2D eigenvalue weighted by Gasteiger charge is -2.25. The lowest BCUT2D eigenvalue weighted by Crippen LogP contribution is -2.46. The molecular weight excluding hydrogens is 256 g/mol. The lowest BCUT2D eigenvalue weighted by molar-refractivity contribution is -0.119. The van der Waals surface area contributed by atoms with Crippen molar-refractivity contribution in [2.45, 2.75) is 25.8 Å². The molecule has 0 unspecified atom stereocenters. The predicted octanol–water partition coefficient (Wildman–Crippen LogP) is 1.43. The maximum Gasteiger partial charge on any atom is 0.253 e. The summed E-state index contributed by atoms with van der Waals surface area (Å²) in [5.41, 5.74) is 4.46. The molecule has 0 atom stereocenters. The summed E-state index contributed by atoms with van der Waals surface area (Å²) in [6.45, 7) is 3.35. The van der Waals surface area contributed by atoms with Crippen LogP contribution in [0.3, 0.4) is 0 Å². The van der Waals surface area contributed by atoms with Crippen LogP contribution in [0.25, 0.3) is 0 Å². The van der Waals surface area contributed by atoms with E-state index in [9.17, 15) is 14.7 Å². The maximum atomic E-state index is 12.0. The first kappa shape index (κ1) is 14.3. The van der Waals surface area contributed by atoms with Gasteiger partial charge >= 0.3 is 0 Å². The molecule has 0 aliphatic heterocycles. The number of hydrogen-bond acceptors (Lipinski definition) is 3. The minimum Gasteiger partial charge on any atom is -0.508 e. The van der Waals surface area contributed by atoms with Crippen molar-refractivity contribution < 1.29 is 14.7 Å². The fraction of sp³-hybridized carbons (Fsp3) is 0.333. The van der Waals surface area contributed by atoms with E-state index in [1.807, 2.05) is 0 Å². The van der Waals surface area contributed by atoms with Gasteiger partial charge in [0.15, 0.2) is 0 Å².